The number of fused-ring (bicyclic) bond motifs is 1. The molecule has 158 valence electrons. The normalized spacial score (nSPS) is 20.9. The average Bonchev–Trinajstić information content (AvgIpc) is 2.76. The third-order valence-corrected chi connectivity index (χ3v) is 6.07. The van der Waals surface area contributed by atoms with Crippen LogP contribution in [0.4, 0.5) is 10.5 Å². The molecule has 0 aromatic heterocycles. The number of likely N-dealkylation sites (tertiary alicyclic amines) is 1. The molecule has 2 unspecified atom stereocenters. The molecule has 6 nitrogen and oxygen atoms in total. The Morgan fingerprint density at radius 1 is 1.17 bits per heavy atom. The van der Waals surface area contributed by atoms with Gasteiger partial charge in [-0.1, -0.05) is 40.2 Å². The van der Waals surface area contributed by atoms with E-state index in [2.05, 4.69) is 21.2 Å². The molecular weight excluding hydrogens is 446 g/mol. The van der Waals surface area contributed by atoms with Crippen molar-refractivity contribution in [2.24, 2.45) is 5.92 Å². The van der Waals surface area contributed by atoms with Gasteiger partial charge >= 0.3 is 6.03 Å². The minimum Gasteiger partial charge on any atom is -0.487 e. The predicted octanol–water partition coefficient (Wildman–Crippen LogP) is 4.18. The van der Waals surface area contributed by atoms with E-state index in [1.165, 1.54) is 0 Å². The van der Waals surface area contributed by atoms with Crippen LogP contribution in [0.5, 0.6) is 5.75 Å². The van der Waals surface area contributed by atoms with Crippen molar-refractivity contribution in [2.45, 2.75) is 32.4 Å². The molecule has 30 heavy (non-hydrogen) atoms. The van der Waals surface area contributed by atoms with Crippen LogP contribution in [0.25, 0.3) is 0 Å². The number of nitrogens with zero attached hydrogens (tertiary/aromatic N) is 2. The lowest BCUT2D eigenvalue weighted by Gasteiger charge is -2.39. The van der Waals surface area contributed by atoms with Gasteiger partial charge in [0.05, 0.1) is 18.2 Å². The van der Waals surface area contributed by atoms with E-state index in [-0.39, 0.29) is 24.0 Å². The van der Waals surface area contributed by atoms with Crippen molar-refractivity contribution >= 4 is 33.6 Å². The standard InChI is InChI=1S/C23H26BrN3O3/c1-16-14-27(20-9-2-3-10-21(20)30-16)23(29)26-11-5-7-18(15-26)22(28)25-13-17-6-4-8-19(24)12-17/h2-4,6,8-10,12,16,18H,5,7,11,13-15H2,1H3,(H,25,28). The van der Waals surface area contributed by atoms with Crippen LogP contribution in [-0.4, -0.2) is 42.6 Å². The fraction of sp³-hybridized carbons (Fsp3) is 0.391. The van der Waals surface area contributed by atoms with Crippen LogP contribution in [0, 0.1) is 5.92 Å². The fourth-order valence-electron chi connectivity index (χ4n) is 4.09. The highest BCUT2D eigenvalue weighted by molar-refractivity contribution is 9.10. The van der Waals surface area contributed by atoms with Gasteiger partial charge in [0.1, 0.15) is 11.9 Å². The van der Waals surface area contributed by atoms with E-state index < -0.39 is 0 Å². The zero-order valence-corrected chi connectivity index (χ0v) is 18.6. The summed E-state index contributed by atoms with van der Waals surface area (Å²) >= 11 is 3.45. The van der Waals surface area contributed by atoms with Gasteiger partial charge in [0.2, 0.25) is 5.91 Å². The Hall–Kier alpha value is -2.54. The minimum atomic E-state index is -0.191. The predicted molar refractivity (Wildman–Crippen MR) is 120 cm³/mol. The summed E-state index contributed by atoms with van der Waals surface area (Å²) in [6.07, 6.45) is 1.55. The number of nitrogens with one attached hydrogen (secondary N) is 1. The molecule has 3 amide bonds. The molecule has 2 aliphatic heterocycles. The van der Waals surface area contributed by atoms with Gasteiger partial charge < -0.3 is 15.0 Å². The van der Waals surface area contributed by atoms with Crippen molar-refractivity contribution in [2.75, 3.05) is 24.5 Å². The monoisotopic (exact) mass is 471 g/mol. The van der Waals surface area contributed by atoms with Crippen molar-refractivity contribution in [3.63, 3.8) is 0 Å². The molecule has 2 aromatic rings. The molecular formula is C23H26BrN3O3. The summed E-state index contributed by atoms with van der Waals surface area (Å²) in [6.45, 7) is 4.06. The van der Waals surface area contributed by atoms with Crippen LogP contribution in [0.15, 0.2) is 53.0 Å². The molecule has 0 radical (unpaired) electrons. The summed E-state index contributed by atoms with van der Waals surface area (Å²) in [6, 6.07) is 15.5. The van der Waals surface area contributed by atoms with Crippen LogP contribution >= 0.6 is 15.9 Å². The maximum Gasteiger partial charge on any atom is 0.324 e. The van der Waals surface area contributed by atoms with Crippen molar-refractivity contribution in [1.82, 2.24) is 10.2 Å². The van der Waals surface area contributed by atoms with Crippen molar-refractivity contribution in [3.8, 4) is 5.75 Å². The van der Waals surface area contributed by atoms with Gasteiger partial charge in [-0.2, -0.15) is 0 Å². The lowest BCUT2D eigenvalue weighted by Crippen LogP contribution is -2.53. The molecule has 0 bridgehead atoms. The number of anilines is 1. The third-order valence-electron chi connectivity index (χ3n) is 5.57. The molecule has 1 fully saturated rings. The summed E-state index contributed by atoms with van der Waals surface area (Å²) in [4.78, 5) is 29.7. The number of urea groups is 1. The van der Waals surface area contributed by atoms with E-state index >= 15 is 0 Å². The van der Waals surface area contributed by atoms with E-state index in [1.54, 1.807) is 4.90 Å². The lowest BCUT2D eigenvalue weighted by atomic mass is 9.97. The van der Waals surface area contributed by atoms with Crippen LogP contribution in [0.1, 0.15) is 25.3 Å². The number of hydrogen-bond acceptors (Lipinski definition) is 3. The molecule has 0 saturated carbocycles. The van der Waals surface area contributed by atoms with E-state index in [4.69, 9.17) is 4.74 Å². The molecule has 4 rings (SSSR count). The summed E-state index contributed by atoms with van der Waals surface area (Å²) in [5, 5.41) is 3.03. The minimum absolute atomic E-state index is 0.00298. The summed E-state index contributed by atoms with van der Waals surface area (Å²) in [5.74, 6) is 0.539. The van der Waals surface area contributed by atoms with Crippen LogP contribution in [0.3, 0.4) is 0 Å². The summed E-state index contributed by atoms with van der Waals surface area (Å²) < 4.78 is 6.85. The Bertz CT molecular complexity index is 935. The molecule has 2 heterocycles. The van der Waals surface area contributed by atoms with E-state index in [0.29, 0.717) is 26.2 Å². The van der Waals surface area contributed by atoms with Gasteiger partial charge in [0, 0.05) is 24.1 Å². The lowest BCUT2D eigenvalue weighted by molar-refractivity contribution is -0.126. The number of piperidine rings is 1. The van der Waals surface area contributed by atoms with Gasteiger partial charge in [-0.05, 0) is 49.6 Å². The first-order chi connectivity index (χ1) is 14.5. The van der Waals surface area contributed by atoms with Crippen LogP contribution in [-0.2, 0) is 11.3 Å². The second-order valence-electron chi connectivity index (χ2n) is 7.92. The molecule has 2 aromatic carbocycles. The first-order valence-electron chi connectivity index (χ1n) is 10.4. The average molecular weight is 472 g/mol. The van der Waals surface area contributed by atoms with Crippen molar-refractivity contribution < 1.29 is 14.3 Å². The zero-order valence-electron chi connectivity index (χ0n) is 17.0. The van der Waals surface area contributed by atoms with Crippen molar-refractivity contribution in [1.29, 1.82) is 0 Å². The topological polar surface area (TPSA) is 61.9 Å². The van der Waals surface area contributed by atoms with Crippen molar-refractivity contribution in [3.05, 3.63) is 58.6 Å². The second-order valence-corrected chi connectivity index (χ2v) is 8.84. The molecule has 0 spiro atoms. The molecule has 7 heteroatoms. The van der Waals surface area contributed by atoms with Gasteiger partial charge in [-0.25, -0.2) is 4.79 Å². The SMILES string of the molecule is CC1CN(C(=O)N2CCCC(C(=O)NCc3cccc(Br)c3)C2)c2ccccc2O1. The Labute approximate surface area is 185 Å². The van der Waals surface area contributed by atoms with Gasteiger partial charge in [-0.3, -0.25) is 9.69 Å². The number of para-hydroxylation sites is 2. The Morgan fingerprint density at radius 2 is 2.00 bits per heavy atom. The Morgan fingerprint density at radius 3 is 2.83 bits per heavy atom. The number of amides is 3. The molecule has 2 atom stereocenters. The first-order valence-corrected chi connectivity index (χ1v) is 11.1. The van der Waals surface area contributed by atoms with Crippen LogP contribution < -0.4 is 15.0 Å². The first kappa shape index (κ1) is 20.7. The van der Waals surface area contributed by atoms with E-state index in [1.807, 2.05) is 60.4 Å². The summed E-state index contributed by atoms with van der Waals surface area (Å²) in [5.41, 5.74) is 1.84. The number of halogens is 1. The van der Waals surface area contributed by atoms with E-state index in [0.717, 1.165) is 34.3 Å². The van der Waals surface area contributed by atoms with Gasteiger partial charge in [0.15, 0.2) is 0 Å². The highest BCUT2D eigenvalue weighted by Gasteiger charge is 2.34. The number of ether oxygens (including phenoxy) is 1. The number of carbonyl (C=O) groups excluding carboxylic acids is 2. The smallest absolute Gasteiger partial charge is 0.324 e. The van der Waals surface area contributed by atoms with Gasteiger partial charge in [0.25, 0.3) is 0 Å². The summed E-state index contributed by atoms with van der Waals surface area (Å²) in [7, 11) is 0. The molecule has 1 saturated heterocycles. The second kappa shape index (κ2) is 9.08. The zero-order chi connectivity index (χ0) is 21.1. The molecule has 2 aliphatic rings. The number of benzene rings is 2. The molecule has 0 aliphatic carbocycles. The highest BCUT2D eigenvalue weighted by Crippen LogP contribution is 2.34. The third kappa shape index (κ3) is 4.61. The number of rotatable bonds is 3. The highest BCUT2D eigenvalue weighted by atomic mass is 79.9. The number of hydrogen-bond donors (Lipinski definition) is 1. The number of carbonyl (C=O) groups is 2. The quantitative estimate of drug-likeness (QED) is 0.729. The van der Waals surface area contributed by atoms with E-state index in [9.17, 15) is 9.59 Å². The Balaban J connectivity index is 1.40. The molecule has 1 N–H and O–H groups in total. The van der Waals surface area contributed by atoms with Crippen LogP contribution in [0.2, 0.25) is 0 Å². The Kier molecular flexibility index (Phi) is 6.27. The fourth-order valence-corrected chi connectivity index (χ4v) is 4.53. The maximum atomic E-state index is 13.3. The largest absolute Gasteiger partial charge is 0.487 e. The maximum absolute atomic E-state index is 13.3. The van der Waals surface area contributed by atoms with Gasteiger partial charge in [-0.15, -0.1) is 0 Å².